The first-order valence-corrected chi connectivity index (χ1v) is 10.5. The third kappa shape index (κ3) is 4.21. The summed E-state index contributed by atoms with van der Waals surface area (Å²) in [5, 5.41) is 4.15. The molecule has 0 bridgehead atoms. The van der Waals surface area contributed by atoms with Crippen LogP contribution >= 0.6 is 0 Å². The number of anilines is 2. The van der Waals surface area contributed by atoms with Crippen molar-refractivity contribution >= 4 is 34.3 Å². The molecule has 1 fully saturated rings. The van der Waals surface area contributed by atoms with E-state index in [1.165, 1.54) is 7.11 Å². The van der Waals surface area contributed by atoms with Crippen molar-refractivity contribution in [3.63, 3.8) is 0 Å². The van der Waals surface area contributed by atoms with E-state index in [1.807, 2.05) is 24.0 Å². The lowest BCUT2D eigenvalue weighted by Gasteiger charge is -2.34. The monoisotopic (exact) mass is 418 g/mol. The minimum Gasteiger partial charge on any atom is -0.465 e. The first-order valence-electron chi connectivity index (χ1n) is 10.5. The number of hydrogen-bond donors (Lipinski definition) is 1. The van der Waals surface area contributed by atoms with Crippen LogP contribution in [0.5, 0.6) is 0 Å². The van der Waals surface area contributed by atoms with Crippen molar-refractivity contribution < 1.29 is 14.3 Å². The van der Waals surface area contributed by atoms with Gasteiger partial charge in [-0.25, -0.2) is 14.8 Å². The summed E-state index contributed by atoms with van der Waals surface area (Å²) >= 11 is 0. The van der Waals surface area contributed by atoms with E-state index >= 15 is 0 Å². The van der Waals surface area contributed by atoms with E-state index in [1.54, 1.807) is 30.5 Å². The maximum absolute atomic E-state index is 13.5. The van der Waals surface area contributed by atoms with Crippen molar-refractivity contribution in [3.8, 4) is 0 Å². The number of fused-ring (bicyclic) bond motifs is 1. The van der Waals surface area contributed by atoms with Gasteiger partial charge in [0.25, 0.3) is 5.91 Å². The summed E-state index contributed by atoms with van der Waals surface area (Å²) in [6.45, 7) is 4.75. The number of nitrogens with zero attached hydrogens (tertiary/aromatic N) is 3. The maximum Gasteiger partial charge on any atom is 0.337 e. The van der Waals surface area contributed by atoms with Gasteiger partial charge in [0.2, 0.25) is 0 Å². The normalized spacial score (nSPS) is 16.2. The Labute approximate surface area is 181 Å². The minimum atomic E-state index is -0.393. The molecule has 0 unspecified atom stereocenters. The summed E-state index contributed by atoms with van der Waals surface area (Å²) in [5.41, 5.74) is 3.84. The Morgan fingerprint density at radius 2 is 1.90 bits per heavy atom. The zero-order valence-electron chi connectivity index (χ0n) is 18.0. The Morgan fingerprint density at radius 1 is 1.13 bits per heavy atom. The van der Waals surface area contributed by atoms with Crippen LogP contribution in [0.4, 0.5) is 11.4 Å². The van der Waals surface area contributed by atoms with Gasteiger partial charge in [-0.05, 0) is 69.5 Å². The Hall–Kier alpha value is -3.48. The third-order valence-electron chi connectivity index (χ3n) is 5.74. The second kappa shape index (κ2) is 8.71. The van der Waals surface area contributed by atoms with Gasteiger partial charge >= 0.3 is 5.97 Å². The number of rotatable bonds is 4. The second-order valence-electron chi connectivity index (χ2n) is 7.91. The number of aromatic nitrogens is 2. The minimum absolute atomic E-state index is 0.0316. The molecule has 1 aliphatic rings. The summed E-state index contributed by atoms with van der Waals surface area (Å²) in [5.74, 6) is -0.425. The molecule has 3 heterocycles. The number of carbonyl (C=O) groups excluding carboxylic acids is 2. The number of esters is 1. The number of amides is 1. The molecular formula is C24H26N4O3. The fourth-order valence-corrected chi connectivity index (χ4v) is 3.98. The Morgan fingerprint density at radius 3 is 2.61 bits per heavy atom. The number of pyridine rings is 2. The molecule has 1 amide bonds. The Balaban J connectivity index is 1.76. The Bertz CT molecular complexity index is 1130. The average Bonchev–Trinajstić information content (AvgIpc) is 2.79. The van der Waals surface area contributed by atoms with Gasteiger partial charge in [-0.1, -0.05) is 0 Å². The number of piperidine rings is 1. The van der Waals surface area contributed by atoms with Crippen LogP contribution in [-0.4, -0.2) is 46.4 Å². The fraction of sp³-hybridized carbons (Fsp3) is 0.333. The van der Waals surface area contributed by atoms with E-state index in [9.17, 15) is 9.59 Å². The van der Waals surface area contributed by atoms with Gasteiger partial charge in [0.15, 0.2) is 5.65 Å². The predicted octanol–water partition coefficient (Wildman–Crippen LogP) is 4.48. The molecule has 1 aliphatic heterocycles. The van der Waals surface area contributed by atoms with Gasteiger partial charge in [-0.2, -0.15) is 0 Å². The average molecular weight is 418 g/mol. The molecule has 1 saturated heterocycles. The van der Waals surface area contributed by atoms with E-state index in [-0.39, 0.29) is 11.9 Å². The molecule has 4 rings (SSSR count). The molecule has 1 N–H and O–H groups in total. The molecule has 1 atom stereocenters. The molecule has 31 heavy (non-hydrogen) atoms. The third-order valence-corrected chi connectivity index (χ3v) is 5.74. The number of ether oxygens (including phenoxy) is 1. The largest absolute Gasteiger partial charge is 0.465 e. The molecule has 2 aromatic heterocycles. The topological polar surface area (TPSA) is 84.4 Å². The molecule has 0 aliphatic carbocycles. The summed E-state index contributed by atoms with van der Waals surface area (Å²) in [7, 11) is 1.35. The molecule has 1 aromatic carbocycles. The Kier molecular flexibility index (Phi) is 5.84. The molecule has 0 saturated carbocycles. The van der Waals surface area contributed by atoms with E-state index in [4.69, 9.17) is 4.74 Å². The highest BCUT2D eigenvalue weighted by atomic mass is 16.5. The SMILES string of the molecule is COC(=O)c1ccc(Nc2c(C(=O)N3CCCC[C@H]3C)cnc3nc(C)ccc23)cc1. The number of aryl methyl sites for hydroxylation is 1. The van der Waals surface area contributed by atoms with Crippen molar-refractivity contribution in [2.24, 2.45) is 0 Å². The van der Waals surface area contributed by atoms with Crippen LogP contribution in [0, 0.1) is 6.92 Å². The van der Waals surface area contributed by atoms with Gasteiger partial charge in [0.05, 0.1) is 23.9 Å². The van der Waals surface area contributed by atoms with E-state index < -0.39 is 5.97 Å². The van der Waals surface area contributed by atoms with Crippen molar-refractivity contribution in [1.82, 2.24) is 14.9 Å². The molecule has 7 heteroatoms. The zero-order chi connectivity index (χ0) is 22.0. The highest BCUT2D eigenvalue weighted by Crippen LogP contribution is 2.31. The van der Waals surface area contributed by atoms with Crippen LogP contribution in [0.15, 0.2) is 42.6 Å². The van der Waals surface area contributed by atoms with Gasteiger partial charge < -0.3 is 15.0 Å². The van der Waals surface area contributed by atoms with E-state index in [0.717, 1.165) is 42.6 Å². The second-order valence-corrected chi connectivity index (χ2v) is 7.91. The van der Waals surface area contributed by atoms with Gasteiger partial charge in [0.1, 0.15) is 0 Å². The van der Waals surface area contributed by atoms with Gasteiger partial charge in [-0.15, -0.1) is 0 Å². The summed E-state index contributed by atoms with van der Waals surface area (Å²) < 4.78 is 4.76. The van der Waals surface area contributed by atoms with Gasteiger partial charge in [-0.3, -0.25) is 4.79 Å². The summed E-state index contributed by atoms with van der Waals surface area (Å²) in [6.07, 6.45) is 4.77. The predicted molar refractivity (Wildman–Crippen MR) is 120 cm³/mol. The van der Waals surface area contributed by atoms with Crippen LogP contribution in [-0.2, 0) is 4.74 Å². The van der Waals surface area contributed by atoms with Crippen molar-refractivity contribution in [1.29, 1.82) is 0 Å². The molecule has 0 spiro atoms. The summed E-state index contributed by atoms with van der Waals surface area (Å²) in [4.78, 5) is 36.1. The maximum atomic E-state index is 13.5. The van der Waals surface area contributed by atoms with E-state index in [0.29, 0.717) is 22.5 Å². The molecule has 0 radical (unpaired) electrons. The standard InChI is InChI=1S/C24H26N4O3/c1-15-7-12-19-21(27-18-10-8-17(9-11-18)24(30)31-3)20(14-25-22(19)26-15)23(29)28-13-5-4-6-16(28)2/h7-12,14,16H,4-6,13H2,1-3H3,(H,25,26,27)/t16-/m1/s1. The van der Waals surface area contributed by atoms with Crippen LogP contribution in [0.2, 0.25) is 0 Å². The van der Waals surface area contributed by atoms with Crippen LogP contribution in [0.3, 0.4) is 0 Å². The van der Waals surface area contributed by atoms with Gasteiger partial charge in [0, 0.05) is 35.6 Å². The van der Waals surface area contributed by atoms with E-state index in [2.05, 4.69) is 22.2 Å². The highest BCUT2D eigenvalue weighted by molar-refractivity contribution is 6.07. The quantitative estimate of drug-likeness (QED) is 0.629. The smallest absolute Gasteiger partial charge is 0.337 e. The lowest BCUT2D eigenvalue weighted by Crippen LogP contribution is -2.42. The van der Waals surface area contributed by atoms with Crippen LogP contribution in [0.1, 0.15) is 52.6 Å². The number of nitrogens with one attached hydrogen (secondary N) is 1. The first kappa shape index (κ1) is 20.8. The van der Waals surface area contributed by atoms with Crippen LogP contribution in [0.25, 0.3) is 11.0 Å². The molecule has 7 nitrogen and oxygen atoms in total. The number of benzene rings is 1. The highest BCUT2D eigenvalue weighted by Gasteiger charge is 2.27. The number of methoxy groups -OCH3 is 1. The lowest BCUT2D eigenvalue weighted by atomic mass is 10.0. The number of likely N-dealkylation sites (tertiary alicyclic amines) is 1. The number of carbonyl (C=O) groups is 2. The molecule has 160 valence electrons. The summed E-state index contributed by atoms with van der Waals surface area (Å²) in [6, 6.07) is 11.0. The molecule has 3 aromatic rings. The van der Waals surface area contributed by atoms with Crippen LogP contribution < -0.4 is 5.32 Å². The van der Waals surface area contributed by atoms with Crippen molar-refractivity contribution in [2.75, 3.05) is 19.0 Å². The fourth-order valence-electron chi connectivity index (χ4n) is 3.98. The molecular weight excluding hydrogens is 392 g/mol. The first-order chi connectivity index (χ1) is 15.0. The number of hydrogen-bond acceptors (Lipinski definition) is 6. The zero-order valence-corrected chi connectivity index (χ0v) is 18.0. The van der Waals surface area contributed by atoms with Crippen molar-refractivity contribution in [3.05, 3.63) is 59.4 Å². The lowest BCUT2D eigenvalue weighted by molar-refractivity contribution is 0.0599. The van der Waals surface area contributed by atoms with Crippen molar-refractivity contribution in [2.45, 2.75) is 39.2 Å².